The van der Waals surface area contributed by atoms with Gasteiger partial charge in [0.15, 0.2) is 0 Å². The van der Waals surface area contributed by atoms with E-state index < -0.39 is 0 Å². The fourth-order valence-electron chi connectivity index (χ4n) is 8.37. The predicted molar refractivity (Wildman–Crippen MR) is 300 cm³/mol. The Morgan fingerprint density at radius 2 is 0.914 bits per heavy atom. The number of fused-ring (bicyclic) bond motifs is 1. The fraction of sp³-hybridized carbons (Fsp3) is 0.0149. The number of benzene rings is 9. The second kappa shape index (κ2) is 22.5. The third-order valence-electron chi connectivity index (χ3n) is 12.0. The molecule has 3 heteroatoms. The van der Waals surface area contributed by atoms with Crippen LogP contribution in [0, 0.1) is 0 Å². The molecule has 1 aliphatic rings. The van der Waals surface area contributed by atoms with Crippen molar-refractivity contribution in [2.75, 3.05) is 10.6 Å². The average Bonchev–Trinajstić information content (AvgIpc) is 3.42. The van der Waals surface area contributed by atoms with Crippen LogP contribution >= 0.6 is 0 Å². The quantitative estimate of drug-likeness (QED) is 0.120. The first-order valence-electron chi connectivity index (χ1n) is 23.6. The van der Waals surface area contributed by atoms with Gasteiger partial charge in [0.1, 0.15) is 5.75 Å². The SMILES string of the molecule is C=C(/C=C\C=C/C)c1cc(-c2ccc(Nc3ccc(-c4cccc5c4O/C=C\C=C/C5=C)cc3)cc2)ccc1Nc1ccccc1.c1ccc(-c2cc(-c3ccccc3)cc(-c3ccccc3)c2)cc1. The summed E-state index contributed by atoms with van der Waals surface area (Å²) in [6.45, 7) is 10.6. The van der Waals surface area contributed by atoms with Crippen LogP contribution in [0.4, 0.5) is 22.7 Å². The van der Waals surface area contributed by atoms with Gasteiger partial charge in [0, 0.05) is 39.4 Å². The largest absolute Gasteiger partial charge is 0.464 e. The summed E-state index contributed by atoms with van der Waals surface area (Å²) >= 11 is 0. The normalized spacial score (nSPS) is 12.7. The van der Waals surface area contributed by atoms with E-state index in [1.54, 1.807) is 6.26 Å². The zero-order valence-electron chi connectivity index (χ0n) is 39.3. The first-order valence-corrected chi connectivity index (χ1v) is 23.6. The number of hydrogen-bond acceptors (Lipinski definition) is 3. The molecule has 3 nitrogen and oxygen atoms in total. The molecule has 0 unspecified atom stereocenters. The first-order chi connectivity index (χ1) is 34.5. The van der Waals surface area contributed by atoms with Gasteiger partial charge in [-0.25, -0.2) is 0 Å². The van der Waals surface area contributed by atoms with Gasteiger partial charge in [-0.1, -0.05) is 207 Å². The van der Waals surface area contributed by atoms with E-state index in [0.717, 1.165) is 73.0 Å². The Morgan fingerprint density at radius 1 is 0.429 bits per heavy atom. The van der Waals surface area contributed by atoms with E-state index in [0.29, 0.717) is 0 Å². The van der Waals surface area contributed by atoms with Crippen molar-refractivity contribution in [2.45, 2.75) is 6.92 Å². The van der Waals surface area contributed by atoms with Gasteiger partial charge in [0.05, 0.1) is 6.26 Å². The molecule has 10 rings (SSSR count). The van der Waals surface area contributed by atoms with E-state index in [4.69, 9.17) is 4.74 Å². The van der Waals surface area contributed by atoms with Crippen LogP contribution in [0.2, 0.25) is 0 Å². The topological polar surface area (TPSA) is 33.3 Å². The predicted octanol–water partition coefficient (Wildman–Crippen LogP) is 18.8. The highest BCUT2D eigenvalue weighted by Crippen LogP contribution is 2.39. The third kappa shape index (κ3) is 11.5. The number of anilines is 4. The van der Waals surface area contributed by atoms with Crippen LogP contribution < -0.4 is 15.4 Å². The molecule has 9 aromatic rings. The van der Waals surface area contributed by atoms with Crippen LogP contribution in [0.3, 0.4) is 0 Å². The summed E-state index contributed by atoms with van der Waals surface area (Å²) in [5.41, 5.74) is 19.8. The standard InChI is InChI=1S/C43H36N2O.C24H18/c1-4-5-7-13-32(3)41-30-35(23-28-42(41)45-36-15-8-6-9-16-36)33-19-24-37(25-20-33)44-38-26-21-34(22-27-38)40-18-12-17-39-31(2)14-10-11-29-46-43(39)40;1-4-10-19(11-5-1)22-16-23(20-12-6-2-7-13-20)18-24(17-22)21-14-8-3-9-15-21/h4-30,44-45H,2-3H2,1H3;1-18H/b5-4-,13-7-,14-10-,29-11-;. The maximum absolute atomic E-state index is 6.01. The number of nitrogens with one attached hydrogen (secondary N) is 2. The van der Waals surface area contributed by atoms with E-state index in [1.165, 1.54) is 33.4 Å². The Hall–Kier alpha value is -9.18. The molecule has 2 N–H and O–H groups in total. The van der Waals surface area contributed by atoms with Gasteiger partial charge in [0.25, 0.3) is 0 Å². The Bertz CT molecular complexity index is 3190. The van der Waals surface area contributed by atoms with Crippen LogP contribution in [0.15, 0.2) is 286 Å². The molecule has 338 valence electrons. The summed E-state index contributed by atoms with van der Waals surface area (Å²) in [6.07, 6.45) is 15.6. The van der Waals surface area contributed by atoms with Crippen molar-refractivity contribution in [3.8, 4) is 61.4 Å². The smallest absolute Gasteiger partial charge is 0.142 e. The van der Waals surface area contributed by atoms with E-state index in [9.17, 15) is 0 Å². The van der Waals surface area contributed by atoms with Crippen molar-refractivity contribution in [2.24, 2.45) is 0 Å². The number of rotatable bonds is 12. The molecule has 1 aliphatic heterocycles. The number of allylic oxidation sites excluding steroid dienone is 9. The molecule has 0 fully saturated rings. The minimum Gasteiger partial charge on any atom is -0.464 e. The fourth-order valence-corrected chi connectivity index (χ4v) is 8.37. The minimum atomic E-state index is 0.814. The monoisotopic (exact) mass is 902 g/mol. The summed E-state index contributed by atoms with van der Waals surface area (Å²) in [4.78, 5) is 0. The van der Waals surface area contributed by atoms with Crippen LogP contribution in [0.25, 0.3) is 66.8 Å². The van der Waals surface area contributed by atoms with E-state index in [2.05, 4.69) is 218 Å². The Balaban J connectivity index is 0.000000212. The molecule has 0 aliphatic carbocycles. The minimum absolute atomic E-state index is 0.814. The highest BCUT2D eigenvalue weighted by molar-refractivity contribution is 5.88. The van der Waals surface area contributed by atoms with Crippen LogP contribution in [0.1, 0.15) is 18.1 Å². The van der Waals surface area contributed by atoms with Gasteiger partial charge in [-0.3, -0.25) is 0 Å². The second-order valence-electron chi connectivity index (χ2n) is 16.9. The van der Waals surface area contributed by atoms with Gasteiger partial charge < -0.3 is 15.4 Å². The van der Waals surface area contributed by atoms with Crippen molar-refractivity contribution in [1.29, 1.82) is 0 Å². The van der Waals surface area contributed by atoms with Gasteiger partial charge in [-0.05, 0) is 141 Å². The average molecular weight is 903 g/mol. The number of hydrogen-bond donors (Lipinski definition) is 2. The molecule has 0 bridgehead atoms. The lowest BCUT2D eigenvalue weighted by atomic mass is 9.93. The van der Waals surface area contributed by atoms with Crippen molar-refractivity contribution in [3.05, 3.63) is 298 Å². The zero-order valence-corrected chi connectivity index (χ0v) is 39.3. The molecule has 0 radical (unpaired) electrons. The lowest BCUT2D eigenvalue weighted by molar-refractivity contribution is 0.481. The summed E-state index contributed by atoms with van der Waals surface area (Å²) in [5, 5.41) is 7.09. The van der Waals surface area contributed by atoms with Crippen molar-refractivity contribution in [1.82, 2.24) is 0 Å². The Morgan fingerprint density at radius 3 is 1.47 bits per heavy atom. The molecule has 1 heterocycles. The van der Waals surface area contributed by atoms with Crippen LogP contribution in [-0.2, 0) is 0 Å². The first kappa shape index (κ1) is 46.0. The Kier molecular flexibility index (Phi) is 14.8. The third-order valence-corrected chi connectivity index (χ3v) is 12.0. The maximum atomic E-state index is 6.01. The summed E-state index contributed by atoms with van der Waals surface area (Å²) < 4.78 is 6.01. The lowest BCUT2D eigenvalue weighted by Crippen LogP contribution is -1.96. The summed E-state index contributed by atoms with van der Waals surface area (Å²) in [6, 6.07) is 78.3. The Labute approximate surface area is 413 Å². The molecule has 70 heavy (non-hydrogen) atoms. The maximum Gasteiger partial charge on any atom is 0.142 e. The molecule has 0 saturated carbocycles. The summed E-state index contributed by atoms with van der Waals surface area (Å²) in [5.74, 6) is 0.814. The molecular weight excluding hydrogens is 849 g/mol. The molecule has 0 aromatic heterocycles. The van der Waals surface area contributed by atoms with E-state index in [1.807, 2.05) is 79.8 Å². The molecule has 0 saturated heterocycles. The molecular formula is C67H54N2O. The van der Waals surface area contributed by atoms with Crippen molar-refractivity contribution >= 4 is 33.9 Å². The molecule has 9 aromatic carbocycles. The van der Waals surface area contributed by atoms with Crippen molar-refractivity contribution in [3.63, 3.8) is 0 Å². The van der Waals surface area contributed by atoms with E-state index in [-0.39, 0.29) is 0 Å². The molecule has 0 atom stereocenters. The summed E-state index contributed by atoms with van der Waals surface area (Å²) in [7, 11) is 0. The zero-order chi connectivity index (χ0) is 47.9. The molecule has 0 spiro atoms. The highest BCUT2D eigenvalue weighted by atomic mass is 16.5. The van der Waals surface area contributed by atoms with Crippen LogP contribution in [-0.4, -0.2) is 0 Å². The lowest BCUT2D eigenvalue weighted by Gasteiger charge is -2.16. The van der Waals surface area contributed by atoms with E-state index >= 15 is 0 Å². The molecule has 0 amide bonds. The van der Waals surface area contributed by atoms with Gasteiger partial charge in [0.2, 0.25) is 0 Å². The van der Waals surface area contributed by atoms with Crippen molar-refractivity contribution < 1.29 is 4.74 Å². The van der Waals surface area contributed by atoms with Crippen LogP contribution in [0.5, 0.6) is 5.75 Å². The second-order valence-corrected chi connectivity index (χ2v) is 16.9. The number of ether oxygens (including phenoxy) is 1. The van der Waals surface area contributed by atoms with Gasteiger partial charge in [-0.2, -0.15) is 0 Å². The van der Waals surface area contributed by atoms with Gasteiger partial charge >= 0.3 is 0 Å². The van der Waals surface area contributed by atoms with Gasteiger partial charge in [-0.15, -0.1) is 0 Å². The number of para-hydroxylation sites is 2. The highest BCUT2D eigenvalue weighted by Gasteiger charge is 2.14.